The first kappa shape index (κ1) is 23.8. The van der Waals surface area contributed by atoms with Gasteiger partial charge in [-0.25, -0.2) is 4.98 Å². The van der Waals surface area contributed by atoms with Crippen molar-refractivity contribution in [2.24, 2.45) is 0 Å². The first-order valence-corrected chi connectivity index (χ1v) is 14.0. The van der Waals surface area contributed by atoms with Crippen molar-refractivity contribution in [3.05, 3.63) is 135 Å². The molecular weight excluding hydrogens is 534 g/mol. The summed E-state index contributed by atoms with van der Waals surface area (Å²) in [6.45, 7) is 2.26. The van der Waals surface area contributed by atoms with Crippen molar-refractivity contribution in [2.45, 2.75) is 19.0 Å². The molecule has 1 atom stereocenters. The lowest BCUT2D eigenvalue weighted by molar-refractivity contribution is -0.121. The second kappa shape index (κ2) is 8.46. The lowest BCUT2D eigenvalue weighted by atomic mass is 9.84. The number of rotatable bonds is 3. The maximum absolute atomic E-state index is 15.0. The average Bonchev–Trinajstić information content (AvgIpc) is 3.59. The Kier molecular flexibility index (Phi) is 4.91. The number of amides is 2. The molecule has 0 radical (unpaired) electrons. The Morgan fingerprint density at radius 3 is 2.49 bits per heavy atom. The normalized spacial score (nSPS) is 17.7. The lowest BCUT2D eigenvalue weighted by Gasteiger charge is -2.32. The summed E-state index contributed by atoms with van der Waals surface area (Å²) in [6.07, 6.45) is 0. The highest BCUT2D eigenvalue weighted by molar-refractivity contribution is 7.22. The zero-order chi connectivity index (χ0) is 27.9. The smallest absolute Gasteiger partial charge is 0.297 e. The predicted molar refractivity (Wildman–Crippen MR) is 159 cm³/mol. The van der Waals surface area contributed by atoms with Gasteiger partial charge in [-0.2, -0.15) is 0 Å². The number of aromatic nitrogens is 1. The van der Waals surface area contributed by atoms with E-state index >= 15 is 0 Å². The van der Waals surface area contributed by atoms with Gasteiger partial charge in [0.05, 0.1) is 33.4 Å². The van der Waals surface area contributed by atoms with Gasteiger partial charge < -0.3 is 9.32 Å². The van der Waals surface area contributed by atoms with Crippen molar-refractivity contribution in [1.82, 2.24) is 4.98 Å². The maximum Gasteiger partial charge on any atom is 0.297 e. The molecule has 8 rings (SSSR count). The Morgan fingerprint density at radius 2 is 1.63 bits per heavy atom. The van der Waals surface area contributed by atoms with Crippen LogP contribution >= 0.6 is 11.3 Å². The molecule has 7 nitrogen and oxygen atoms in total. The highest BCUT2D eigenvalue weighted by atomic mass is 32.1. The Balaban J connectivity index is 1.46. The number of carbonyl (C=O) groups is 2. The highest BCUT2D eigenvalue weighted by Gasteiger charge is 2.66. The number of carbonyl (C=O) groups excluding carboxylic acids is 2. The number of hydrogen-bond acceptors (Lipinski definition) is 6. The molecule has 8 heteroatoms. The van der Waals surface area contributed by atoms with Gasteiger partial charge >= 0.3 is 0 Å². The van der Waals surface area contributed by atoms with E-state index in [1.807, 2.05) is 79.7 Å². The van der Waals surface area contributed by atoms with E-state index < -0.39 is 22.8 Å². The second-order valence-corrected chi connectivity index (χ2v) is 11.4. The summed E-state index contributed by atoms with van der Waals surface area (Å²) >= 11 is 1.32. The van der Waals surface area contributed by atoms with Crippen molar-refractivity contribution in [2.75, 3.05) is 9.80 Å². The van der Waals surface area contributed by atoms with Crippen LogP contribution in [0, 0.1) is 6.92 Å². The SMILES string of the molecule is Cc1ccc2nc(N3C(=O)c4oc5ccccc5c(=O)c4C34C(=O)N(Cc3ccccc3)c3ccccc34)sc2c1. The van der Waals surface area contributed by atoms with Gasteiger partial charge in [0.15, 0.2) is 16.1 Å². The summed E-state index contributed by atoms with van der Waals surface area (Å²) in [6, 6.07) is 29.7. The fourth-order valence-corrected chi connectivity index (χ4v) is 7.26. The molecular formula is C33H21N3O4S. The van der Waals surface area contributed by atoms with E-state index in [2.05, 4.69) is 0 Å². The van der Waals surface area contributed by atoms with Crippen LogP contribution in [-0.4, -0.2) is 16.8 Å². The van der Waals surface area contributed by atoms with Crippen LogP contribution in [0.2, 0.25) is 0 Å². The molecule has 2 amide bonds. The van der Waals surface area contributed by atoms with Gasteiger partial charge in [0.25, 0.3) is 11.8 Å². The number of hydrogen-bond donors (Lipinski definition) is 0. The first-order chi connectivity index (χ1) is 20.0. The molecule has 0 saturated heterocycles. The minimum Gasteiger partial charge on any atom is -0.450 e. The van der Waals surface area contributed by atoms with E-state index in [1.54, 1.807) is 29.2 Å². The van der Waals surface area contributed by atoms with Gasteiger partial charge in [0.1, 0.15) is 5.58 Å². The minimum atomic E-state index is -1.77. The number of aryl methyl sites for hydroxylation is 1. The van der Waals surface area contributed by atoms with E-state index in [0.717, 1.165) is 15.8 Å². The van der Waals surface area contributed by atoms with Gasteiger partial charge in [-0.05, 0) is 48.4 Å². The summed E-state index contributed by atoms with van der Waals surface area (Å²) in [4.78, 5) is 51.6. The summed E-state index contributed by atoms with van der Waals surface area (Å²) in [7, 11) is 0. The van der Waals surface area contributed by atoms with Gasteiger partial charge in [-0.1, -0.05) is 78.1 Å². The van der Waals surface area contributed by atoms with Gasteiger partial charge in [0.2, 0.25) is 5.76 Å². The van der Waals surface area contributed by atoms with Gasteiger partial charge in [-0.3, -0.25) is 19.3 Å². The fraction of sp³-hybridized carbons (Fsp3) is 0.0909. The Bertz CT molecular complexity index is 2130. The van der Waals surface area contributed by atoms with Crippen molar-refractivity contribution >= 4 is 55.2 Å². The second-order valence-electron chi connectivity index (χ2n) is 10.3. The summed E-state index contributed by atoms with van der Waals surface area (Å²) < 4.78 is 7.04. The van der Waals surface area contributed by atoms with Crippen LogP contribution in [-0.2, 0) is 16.9 Å². The first-order valence-electron chi connectivity index (χ1n) is 13.2. The molecule has 0 N–H and O–H groups in total. The van der Waals surface area contributed by atoms with E-state index in [9.17, 15) is 14.4 Å². The Hall–Kier alpha value is -5.08. The molecule has 4 aromatic carbocycles. The van der Waals surface area contributed by atoms with Crippen LogP contribution in [0.1, 0.15) is 32.8 Å². The van der Waals surface area contributed by atoms with E-state index in [1.165, 1.54) is 16.2 Å². The number of fused-ring (bicyclic) bond motifs is 6. The summed E-state index contributed by atoms with van der Waals surface area (Å²) in [5.41, 5.74) is 2.01. The molecule has 1 unspecified atom stereocenters. The molecule has 1 spiro atoms. The van der Waals surface area contributed by atoms with Crippen LogP contribution in [0.25, 0.3) is 21.2 Å². The molecule has 0 saturated carbocycles. The zero-order valence-electron chi connectivity index (χ0n) is 21.8. The molecule has 41 heavy (non-hydrogen) atoms. The predicted octanol–water partition coefficient (Wildman–Crippen LogP) is 6.16. The zero-order valence-corrected chi connectivity index (χ0v) is 22.6. The van der Waals surface area contributed by atoms with Crippen LogP contribution in [0.3, 0.4) is 0 Å². The minimum absolute atomic E-state index is 0.0321. The summed E-state index contributed by atoms with van der Waals surface area (Å²) in [5, 5.41) is 0.641. The van der Waals surface area contributed by atoms with E-state index in [4.69, 9.17) is 9.40 Å². The Labute approximate surface area is 237 Å². The number of benzene rings is 4. The van der Waals surface area contributed by atoms with E-state index in [0.29, 0.717) is 32.9 Å². The molecule has 4 heterocycles. The maximum atomic E-state index is 15.0. The van der Waals surface area contributed by atoms with Crippen molar-refractivity contribution in [1.29, 1.82) is 0 Å². The number of thiazole rings is 1. The number of anilines is 2. The molecule has 0 aliphatic carbocycles. The van der Waals surface area contributed by atoms with Crippen molar-refractivity contribution in [3.8, 4) is 0 Å². The van der Waals surface area contributed by atoms with Crippen molar-refractivity contribution in [3.63, 3.8) is 0 Å². The standard InChI is InChI=1S/C33H21N3O4S/c1-19-15-16-23-26(17-19)41-32(34-23)36-30(38)29-27(28(37)21-11-5-8-14-25(21)40-29)33(36)22-12-6-7-13-24(22)35(31(33)39)18-20-9-3-2-4-10-20/h2-17H,18H2,1H3. The lowest BCUT2D eigenvalue weighted by Crippen LogP contribution is -2.53. The van der Waals surface area contributed by atoms with Crippen LogP contribution in [0.5, 0.6) is 0 Å². The van der Waals surface area contributed by atoms with Crippen LogP contribution in [0.4, 0.5) is 10.8 Å². The fourth-order valence-electron chi connectivity index (χ4n) is 6.15. The average molecular weight is 556 g/mol. The quantitative estimate of drug-likeness (QED) is 0.261. The van der Waals surface area contributed by atoms with Gasteiger partial charge in [0, 0.05) is 5.56 Å². The third-order valence-electron chi connectivity index (χ3n) is 7.94. The molecule has 198 valence electrons. The third-order valence-corrected chi connectivity index (χ3v) is 8.94. The molecule has 0 bridgehead atoms. The van der Waals surface area contributed by atoms with Crippen LogP contribution in [0.15, 0.2) is 106 Å². The largest absolute Gasteiger partial charge is 0.450 e. The molecule has 2 aliphatic heterocycles. The topological polar surface area (TPSA) is 83.7 Å². The van der Waals surface area contributed by atoms with Gasteiger partial charge in [-0.15, -0.1) is 0 Å². The Morgan fingerprint density at radius 1 is 0.878 bits per heavy atom. The number of para-hydroxylation sites is 2. The molecule has 2 aliphatic rings. The van der Waals surface area contributed by atoms with E-state index in [-0.39, 0.29) is 17.9 Å². The third kappa shape index (κ3) is 3.13. The van der Waals surface area contributed by atoms with Crippen LogP contribution < -0.4 is 15.2 Å². The molecule has 2 aromatic heterocycles. The summed E-state index contributed by atoms with van der Waals surface area (Å²) in [5.74, 6) is -1.09. The molecule has 0 fully saturated rings. The van der Waals surface area contributed by atoms with Crippen molar-refractivity contribution < 1.29 is 14.0 Å². The number of nitrogens with zero attached hydrogens (tertiary/aromatic N) is 3. The highest BCUT2D eigenvalue weighted by Crippen LogP contribution is 2.55. The monoisotopic (exact) mass is 555 g/mol. The molecule has 6 aromatic rings.